The van der Waals surface area contributed by atoms with Gasteiger partial charge in [-0.15, -0.1) is 0 Å². The number of aromatic hydroxyl groups is 1. The number of hydrogen-bond acceptors (Lipinski definition) is 3. The summed E-state index contributed by atoms with van der Waals surface area (Å²) in [6.45, 7) is 0. The van der Waals surface area contributed by atoms with E-state index >= 15 is 0 Å². The van der Waals surface area contributed by atoms with Crippen LogP contribution in [0.25, 0.3) is 33.2 Å². The molecule has 0 bridgehead atoms. The number of phenolic OH excluding ortho intramolecular Hbond substituents is 1. The molecule has 3 aromatic carbocycles. The molecule has 0 fully saturated rings. The standard InChI is InChI=1S/C21H14O3/c22-16-11-12-17-18(13-16)24-21(23)20(15-9-5-2-6-10-15)19(17)14-7-3-1-4-8-14/h1-13,22H. The fraction of sp³-hybridized carbons (Fsp3) is 0. The van der Waals surface area contributed by atoms with Gasteiger partial charge in [-0.25, -0.2) is 4.79 Å². The summed E-state index contributed by atoms with van der Waals surface area (Å²) >= 11 is 0. The highest BCUT2D eigenvalue weighted by Gasteiger charge is 2.17. The van der Waals surface area contributed by atoms with E-state index in [-0.39, 0.29) is 5.75 Å². The lowest BCUT2D eigenvalue weighted by Gasteiger charge is -2.12. The maximum atomic E-state index is 12.7. The molecule has 0 aliphatic heterocycles. The minimum Gasteiger partial charge on any atom is -0.508 e. The van der Waals surface area contributed by atoms with Gasteiger partial charge in [-0.1, -0.05) is 60.7 Å². The van der Waals surface area contributed by atoms with Crippen LogP contribution in [0.15, 0.2) is 88.1 Å². The van der Waals surface area contributed by atoms with Gasteiger partial charge in [-0.2, -0.15) is 0 Å². The average molecular weight is 314 g/mol. The predicted octanol–water partition coefficient (Wildman–Crippen LogP) is 4.83. The van der Waals surface area contributed by atoms with Gasteiger partial charge in [0.1, 0.15) is 11.3 Å². The zero-order chi connectivity index (χ0) is 16.5. The van der Waals surface area contributed by atoms with Crippen molar-refractivity contribution in [2.75, 3.05) is 0 Å². The van der Waals surface area contributed by atoms with E-state index in [1.54, 1.807) is 12.1 Å². The Hall–Kier alpha value is -3.33. The molecule has 3 heteroatoms. The molecule has 0 saturated carbocycles. The summed E-state index contributed by atoms with van der Waals surface area (Å²) in [5.41, 5.74) is 3.03. The van der Waals surface area contributed by atoms with Crippen LogP contribution in [0.2, 0.25) is 0 Å². The van der Waals surface area contributed by atoms with Crippen LogP contribution in [0.5, 0.6) is 5.75 Å². The third-order valence-corrected chi connectivity index (χ3v) is 4.02. The summed E-state index contributed by atoms with van der Waals surface area (Å²) in [7, 11) is 0. The summed E-state index contributed by atoms with van der Waals surface area (Å²) in [6.07, 6.45) is 0. The van der Waals surface area contributed by atoms with Gasteiger partial charge in [0.2, 0.25) is 0 Å². The van der Waals surface area contributed by atoms with Crippen molar-refractivity contribution >= 4 is 11.0 Å². The zero-order valence-electron chi connectivity index (χ0n) is 12.8. The molecular formula is C21H14O3. The first-order valence-electron chi connectivity index (χ1n) is 7.65. The molecule has 0 aliphatic carbocycles. The molecule has 116 valence electrons. The van der Waals surface area contributed by atoms with Crippen LogP contribution in [0, 0.1) is 0 Å². The Kier molecular flexibility index (Phi) is 3.39. The molecule has 0 atom stereocenters. The molecule has 1 heterocycles. The number of phenols is 1. The number of rotatable bonds is 2. The lowest BCUT2D eigenvalue weighted by atomic mass is 9.93. The van der Waals surface area contributed by atoms with E-state index in [1.165, 1.54) is 6.07 Å². The molecule has 3 nitrogen and oxygen atoms in total. The van der Waals surface area contributed by atoms with Crippen molar-refractivity contribution in [3.8, 4) is 28.0 Å². The van der Waals surface area contributed by atoms with Gasteiger partial charge in [0.25, 0.3) is 0 Å². The van der Waals surface area contributed by atoms with E-state index in [0.717, 1.165) is 22.1 Å². The molecule has 1 N–H and O–H groups in total. The fourth-order valence-electron chi connectivity index (χ4n) is 2.96. The Bertz CT molecular complexity index is 1060. The summed E-state index contributed by atoms with van der Waals surface area (Å²) < 4.78 is 5.47. The van der Waals surface area contributed by atoms with E-state index in [2.05, 4.69) is 0 Å². The molecule has 0 radical (unpaired) electrons. The summed E-state index contributed by atoms with van der Waals surface area (Å²) in [5, 5.41) is 10.5. The van der Waals surface area contributed by atoms with Crippen molar-refractivity contribution in [2.24, 2.45) is 0 Å². The molecular weight excluding hydrogens is 300 g/mol. The third kappa shape index (κ3) is 2.36. The summed E-state index contributed by atoms with van der Waals surface area (Å²) in [6, 6.07) is 24.1. The lowest BCUT2D eigenvalue weighted by Crippen LogP contribution is -2.06. The third-order valence-electron chi connectivity index (χ3n) is 4.02. The molecule has 1 aromatic heterocycles. The SMILES string of the molecule is O=c1oc2cc(O)ccc2c(-c2ccccc2)c1-c1ccccc1. The Balaban J connectivity index is 2.17. The first kappa shape index (κ1) is 14.3. The fourth-order valence-corrected chi connectivity index (χ4v) is 2.96. The molecule has 24 heavy (non-hydrogen) atoms. The van der Waals surface area contributed by atoms with Gasteiger partial charge >= 0.3 is 5.63 Å². The van der Waals surface area contributed by atoms with E-state index in [1.807, 2.05) is 60.7 Å². The van der Waals surface area contributed by atoms with E-state index in [0.29, 0.717) is 11.1 Å². The molecule has 0 unspecified atom stereocenters. The van der Waals surface area contributed by atoms with Gasteiger partial charge in [0, 0.05) is 17.0 Å². The average Bonchev–Trinajstić information content (AvgIpc) is 2.62. The van der Waals surface area contributed by atoms with E-state index in [9.17, 15) is 9.90 Å². The second-order valence-corrected chi connectivity index (χ2v) is 5.55. The number of fused-ring (bicyclic) bond motifs is 1. The topological polar surface area (TPSA) is 50.4 Å². The Morgan fingerprint density at radius 1 is 0.708 bits per heavy atom. The summed E-state index contributed by atoms with van der Waals surface area (Å²) in [4.78, 5) is 12.7. The molecule has 4 rings (SSSR count). The Morgan fingerprint density at radius 3 is 1.92 bits per heavy atom. The smallest absolute Gasteiger partial charge is 0.344 e. The zero-order valence-corrected chi connectivity index (χ0v) is 12.8. The summed E-state index contributed by atoms with van der Waals surface area (Å²) in [5.74, 6) is 0.0668. The van der Waals surface area contributed by atoms with Gasteiger partial charge in [0.15, 0.2) is 0 Å². The van der Waals surface area contributed by atoms with Gasteiger partial charge < -0.3 is 9.52 Å². The monoisotopic (exact) mass is 314 g/mol. The highest BCUT2D eigenvalue weighted by atomic mass is 16.4. The van der Waals surface area contributed by atoms with Crippen molar-refractivity contribution in [1.29, 1.82) is 0 Å². The van der Waals surface area contributed by atoms with E-state index < -0.39 is 5.63 Å². The van der Waals surface area contributed by atoms with Gasteiger partial charge in [-0.3, -0.25) is 0 Å². The molecule has 0 aliphatic rings. The van der Waals surface area contributed by atoms with Crippen molar-refractivity contribution in [1.82, 2.24) is 0 Å². The predicted molar refractivity (Wildman–Crippen MR) is 95.0 cm³/mol. The normalized spacial score (nSPS) is 10.8. The first-order valence-corrected chi connectivity index (χ1v) is 7.65. The van der Waals surface area contributed by atoms with Gasteiger partial charge in [-0.05, 0) is 23.3 Å². The van der Waals surface area contributed by atoms with Crippen molar-refractivity contribution in [3.63, 3.8) is 0 Å². The van der Waals surface area contributed by atoms with Crippen molar-refractivity contribution in [3.05, 3.63) is 89.3 Å². The van der Waals surface area contributed by atoms with Crippen LogP contribution in [0.4, 0.5) is 0 Å². The van der Waals surface area contributed by atoms with Gasteiger partial charge in [0.05, 0.1) is 5.56 Å². The van der Waals surface area contributed by atoms with Crippen LogP contribution in [0.1, 0.15) is 0 Å². The quantitative estimate of drug-likeness (QED) is 0.539. The number of benzene rings is 3. The van der Waals surface area contributed by atoms with Crippen molar-refractivity contribution < 1.29 is 9.52 Å². The second kappa shape index (κ2) is 5.70. The highest BCUT2D eigenvalue weighted by Crippen LogP contribution is 2.36. The lowest BCUT2D eigenvalue weighted by molar-refractivity contribution is 0.473. The maximum Gasteiger partial charge on any atom is 0.344 e. The van der Waals surface area contributed by atoms with Crippen LogP contribution < -0.4 is 5.63 Å². The molecule has 0 saturated heterocycles. The van der Waals surface area contributed by atoms with Crippen LogP contribution in [-0.2, 0) is 0 Å². The largest absolute Gasteiger partial charge is 0.508 e. The maximum absolute atomic E-state index is 12.7. The van der Waals surface area contributed by atoms with Crippen LogP contribution >= 0.6 is 0 Å². The Labute approximate surface area is 138 Å². The van der Waals surface area contributed by atoms with Crippen LogP contribution in [-0.4, -0.2) is 5.11 Å². The number of hydrogen-bond donors (Lipinski definition) is 1. The van der Waals surface area contributed by atoms with Crippen molar-refractivity contribution in [2.45, 2.75) is 0 Å². The van der Waals surface area contributed by atoms with Crippen LogP contribution in [0.3, 0.4) is 0 Å². The Morgan fingerprint density at radius 2 is 1.29 bits per heavy atom. The molecule has 0 spiro atoms. The molecule has 4 aromatic rings. The second-order valence-electron chi connectivity index (χ2n) is 5.55. The minimum absolute atomic E-state index is 0.0668. The highest BCUT2D eigenvalue weighted by molar-refractivity contribution is 6.01. The molecule has 0 amide bonds. The first-order chi connectivity index (χ1) is 11.7. The minimum atomic E-state index is -0.418. The van der Waals surface area contributed by atoms with E-state index in [4.69, 9.17) is 4.42 Å².